The van der Waals surface area contributed by atoms with Gasteiger partial charge >= 0.3 is 0 Å². The number of aryl methyl sites for hydroxylation is 1. The highest BCUT2D eigenvalue weighted by Crippen LogP contribution is 2.31. The molecule has 0 unspecified atom stereocenters. The summed E-state index contributed by atoms with van der Waals surface area (Å²) >= 11 is 0. The van der Waals surface area contributed by atoms with E-state index in [0.717, 1.165) is 24.5 Å². The van der Waals surface area contributed by atoms with Gasteiger partial charge in [-0.25, -0.2) is 9.97 Å². The Morgan fingerprint density at radius 2 is 2.04 bits per heavy atom. The van der Waals surface area contributed by atoms with E-state index in [9.17, 15) is 0 Å². The van der Waals surface area contributed by atoms with Crippen LogP contribution in [0.15, 0.2) is 48.9 Å². The average Bonchev–Trinajstić information content (AvgIpc) is 2.59. The maximum absolute atomic E-state index is 5.88. The van der Waals surface area contributed by atoms with Crippen molar-refractivity contribution in [1.29, 1.82) is 0 Å². The molecule has 118 valence electrons. The van der Waals surface area contributed by atoms with Gasteiger partial charge in [0, 0.05) is 12.7 Å². The molecule has 3 aromatic rings. The minimum Gasteiger partial charge on any atom is -0.494 e. The van der Waals surface area contributed by atoms with Gasteiger partial charge in [0.1, 0.15) is 17.9 Å². The first-order chi connectivity index (χ1) is 11.3. The van der Waals surface area contributed by atoms with E-state index < -0.39 is 0 Å². The average molecular weight is 307 g/mol. The van der Waals surface area contributed by atoms with Crippen LogP contribution in [-0.2, 0) is 6.42 Å². The molecule has 4 nitrogen and oxygen atoms in total. The first kappa shape index (κ1) is 15.3. The first-order valence-corrected chi connectivity index (χ1v) is 7.93. The van der Waals surface area contributed by atoms with Crippen LogP contribution >= 0.6 is 0 Å². The molecule has 1 aromatic heterocycles. The molecule has 1 N–H and O–H groups in total. The number of hydrogen-bond donors (Lipinski definition) is 1. The number of hydrogen-bond acceptors (Lipinski definition) is 4. The zero-order valence-corrected chi connectivity index (χ0v) is 13.5. The molecule has 0 saturated carbocycles. The summed E-state index contributed by atoms with van der Waals surface area (Å²) in [7, 11) is 0. The van der Waals surface area contributed by atoms with Crippen LogP contribution in [-0.4, -0.2) is 23.1 Å². The molecule has 2 aromatic carbocycles. The molecule has 0 aliphatic rings. The molecule has 0 fully saturated rings. The van der Waals surface area contributed by atoms with Crippen LogP contribution in [0.1, 0.15) is 18.1 Å². The summed E-state index contributed by atoms with van der Waals surface area (Å²) in [5.41, 5.74) is 2.54. The zero-order chi connectivity index (χ0) is 16.1. The van der Waals surface area contributed by atoms with E-state index in [1.807, 2.05) is 13.0 Å². The van der Waals surface area contributed by atoms with Crippen molar-refractivity contribution in [2.24, 2.45) is 0 Å². The summed E-state index contributed by atoms with van der Waals surface area (Å²) in [6.45, 7) is 5.67. The van der Waals surface area contributed by atoms with Gasteiger partial charge in [0.15, 0.2) is 0 Å². The van der Waals surface area contributed by atoms with Gasteiger partial charge in [-0.15, -0.1) is 0 Å². The zero-order valence-electron chi connectivity index (χ0n) is 13.5. The lowest BCUT2D eigenvalue weighted by atomic mass is 9.97. The van der Waals surface area contributed by atoms with Crippen molar-refractivity contribution in [2.75, 3.05) is 18.5 Å². The second kappa shape index (κ2) is 7.09. The van der Waals surface area contributed by atoms with E-state index in [1.54, 1.807) is 12.5 Å². The highest BCUT2D eigenvalue weighted by atomic mass is 16.5. The number of fused-ring (bicyclic) bond motifs is 1. The van der Waals surface area contributed by atoms with Crippen molar-refractivity contribution in [1.82, 2.24) is 9.97 Å². The van der Waals surface area contributed by atoms with Crippen LogP contribution in [0.4, 0.5) is 5.82 Å². The Morgan fingerprint density at radius 1 is 1.17 bits per heavy atom. The van der Waals surface area contributed by atoms with Gasteiger partial charge < -0.3 is 10.1 Å². The molecule has 3 rings (SSSR count). The van der Waals surface area contributed by atoms with E-state index in [0.29, 0.717) is 6.61 Å². The number of nitrogens with one attached hydrogen (secondary N) is 1. The number of anilines is 1. The van der Waals surface area contributed by atoms with Gasteiger partial charge in [0.2, 0.25) is 0 Å². The lowest BCUT2D eigenvalue weighted by molar-refractivity contribution is 0.337. The molecule has 0 saturated heterocycles. The molecule has 4 heteroatoms. The summed E-state index contributed by atoms with van der Waals surface area (Å²) in [6, 6.07) is 12.5. The number of nitrogens with zero attached hydrogens (tertiary/aromatic N) is 2. The summed E-state index contributed by atoms with van der Waals surface area (Å²) < 4.78 is 5.88. The van der Waals surface area contributed by atoms with Crippen LogP contribution in [0.25, 0.3) is 10.8 Å². The van der Waals surface area contributed by atoms with E-state index >= 15 is 0 Å². The third kappa shape index (κ3) is 3.42. The number of rotatable bonds is 6. The Kier molecular flexibility index (Phi) is 4.71. The lowest BCUT2D eigenvalue weighted by Gasteiger charge is -2.16. The molecule has 1 heterocycles. The highest BCUT2D eigenvalue weighted by Gasteiger charge is 2.11. The standard InChI is InChI=1S/C19H21N3O/c1-3-23-18-12-15-6-4-5-7-16(15)14(2)17(18)8-11-21-19-9-10-20-13-22-19/h4-7,9-10,12-13H,3,8,11H2,1-2H3,(H,20,21,22). The van der Waals surface area contributed by atoms with Crippen LogP contribution in [0.2, 0.25) is 0 Å². The fourth-order valence-corrected chi connectivity index (χ4v) is 2.85. The number of aromatic nitrogens is 2. The SMILES string of the molecule is CCOc1cc2ccccc2c(C)c1CCNc1ccncn1. The Morgan fingerprint density at radius 3 is 2.83 bits per heavy atom. The highest BCUT2D eigenvalue weighted by molar-refractivity contribution is 5.88. The van der Waals surface area contributed by atoms with Crippen molar-refractivity contribution in [3.63, 3.8) is 0 Å². The second-order valence-corrected chi connectivity index (χ2v) is 5.40. The van der Waals surface area contributed by atoms with Crippen LogP contribution in [0, 0.1) is 6.92 Å². The molecule has 0 amide bonds. The van der Waals surface area contributed by atoms with E-state index in [2.05, 4.69) is 52.5 Å². The summed E-state index contributed by atoms with van der Waals surface area (Å²) in [4.78, 5) is 8.11. The van der Waals surface area contributed by atoms with Crippen molar-refractivity contribution < 1.29 is 4.74 Å². The van der Waals surface area contributed by atoms with Gasteiger partial charge in [0.05, 0.1) is 6.61 Å². The quantitative estimate of drug-likeness (QED) is 0.748. The molecule has 0 bridgehead atoms. The van der Waals surface area contributed by atoms with Crippen LogP contribution < -0.4 is 10.1 Å². The maximum atomic E-state index is 5.88. The van der Waals surface area contributed by atoms with E-state index in [1.165, 1.54) is 21.9 Å². The normalized spacial score (nSPS) is 10.7. The van der Waals surface area contributed by atoms with Crippen molar-refractivity contribution in [3.8, 4) is 5.75 Å². The van der Waals surface area contributed by atoms with Crippen LogP contribution in [0.5, 0.6) is 5.75 Å². The molecule has 0 radical (unpaired) electrons. The van der Waals surface area contributed by atoms with Gasteiger partial charge in [0.25, 0.3) is 0 Å². The van der Waals surface area contributed by atoms with Crippen LogP contribution in [0.3, 0.4) is 0 Å². The summed E-state index contributed by atoms with van der Waals surface area (Å²) in [5.74, 6) is 1.82. The minimum atomic E-state index is 0.671. The molecule has 23 heavy (non-hydrogen) atoms. The third-order valence-electron chi connectivity index (χ3n) is 3.96. The Bertz CT molecular complexity index is 787. The molecule has 0 aliphatic heterocycles. The maximum Gasteiger partial charge on any atom is 0.129 e. The topological polar surface area (TPSA) is 47.0 Å². The second-order valence-electron chi connectivity index (χ2n) is 5.40. The monoisotopic (exact) mass is 307 g/mol. The minimum absolute atomic E-state index is 0.671. The van der Waals surface area contributed by atoms with Gasteiger partial charge in [-0.2, -0.15) is 0 Å². The van der Waals surface area contributed by atoms with Crippen molar-refractivity contribution in [2.45, 2.75) is 20.3 Å². The fourth-order valence-electron chi connectivity index (χ4n) is 2.85. The Balaban J connectivity index is 1.85. The van der Waals surface area contributed by atoms with Crippen molar-refractivity contribution >= 4 is 16.6 Å². The molecule has 0 spiro atoms. The van der Waals surface area contributed by atoms with Crippen molar-refractivity contribution in [3.05, 3.63) is 60.0 Å². The lowest BCUT2D eigenvalue weighted by Crippen LogP contribution is -2.09. The molecule has 0 atom stereocenters. The fraction of sp³-hybridized carbons (Fsp3) is 0.263. The number of ether oxygens (including phenoxy) is 1. The molecular weight excluding hydrogens is 286 g/mol. The largest absolute Gasteiger partial charge is 0.494 e. The van der Waals surface area contributed by atoms with E-state index in [-0.39, 0.29) is 0 Å². The van der Waals surface area contributed by atoms with Gasteiger partial charge in [-0.05, 0) is 54.3 Å². The predicted molar refractivity (Wildman–Crippen MR) is 94.1 cm³/mol. The van der Waals surface area contributed by atoms with Gasteiger partial charge in [-0.1, -0.05) is 24.3 Å². The Hall–Kier alpha value is -2.62. The van der Waals surface area contributed by atoms with Gasteiger partial charge in [-0.3, -0.25) is 0 Å². The number of benzene rings is 2. The predicted octanol–water partition coefficient (Wildman–Crippen LogP) is 3.99. The Labute approximate surface area is 136 Å². The first-order valence-electron chi connectivity index (χ1n) is 7.93. The summed E-state index contributed by atoms with van der Waals surface area (Å²) in [6.07, 6.45) is 4.17. The summed E-state index contributed by atoms with van der Waals surface area (Å²) in [5, 5.41) is 5.84. The molecular formula is C19H21N3O. The van der Waals surface area contributed by atoms with E-state index in [4.69, 9.17) is 4.74 Å². The smallest absolute Gasteiger partial charge is 0.129 e. The third-order valence-corrected chi connectivity index (χ3v) is 3.96. The molecule has 0 aliphatic carbocycles.